The summed E-state index contributed by atoms with van der Waals surface area (Å²) in [5.74, 6) is 0.926. The van der Waals surface area contributed by atoms with E-state index in [4.69, 9.17) is 11.5 Å². The van der Waals surface area contributed by atoms with Crippen molar-refractivity contribution in [3.05, 3.63) is 18.2 Å². The molecule has 0 saturated heterocycles. The zero-order valence-electron chi connectivity index (χ0n) is 4.33. The fourth-order valence-electron chi connectivity index (χ4n) is 0.469. The fraction of sp³-hybridized carbons (Fsp3) is 0. The van der Waals surface area contributed by atoms with E-state index in [1.165, 1.54) is 0 Å². The van der Waals surface area contributed by atoms with Crippen molar-refractivity contribution in [2.24, 2.45) is 0 Å². The zero-order valence-corrected chi connectivity index (χ0v) is 4.33. The summed E-state index contributed by atoms with van der Waals surface area (Å²) in [6.45, 7) is 0. The number of hydrogen-bond donors (Lipinski definition) is 2. The minimum Gasteiger partial charge on any atom is -0.384 e. The number of hydrogen-bond acceptors (Lipinski definition) is 3. The predicted molar refractivity (Wildman–Crippen MR) is 44.4 cm³/mol. The minimum atomic E-state index is 0. The first-order valence-electron chi connectivity index (χ1n) is 2.27. The van der Waals surface area contributed by atoms with Crippen LogP contribution in [-0.2, 0) is 0 Å². The van der Waals surface area contributed by atoms with Crippen molar-refractivity contribution in [2.75, 3.05) is 11.5 Å². The minimum absolute atomic E-state index is 0. The number of aromatic nitrogens is 1. The third-order valence-electron chi connectivity index (χ3n) is 0.792. The van der Waals surface area contributed by atoms with E-state index in [-0.39, 0.29) is 11.0 Å². The summed E-state index contributed by atoms with van der Waals surface area (Å²) in [7, 11) is 0. The van der Waals surface area contributed by atoms with Crippen LogP contribution in [0.4, 0.5) is 11.6 Å². The summed E-state index contributed by atoms with van der Waals surface area (Å²) in [5.41, 5.74) is 10.5. The molecule has 0 radical (unpaired) electrons. The van der Waals surface area contributed by atoms with Gasteiger partial charge in [-0.25, -0.2) is 4.98 Å². The monoisotopic (exact) mass is 141 g/mol. The van der Waals surface area contributed by atoms with E-state index in [1.807, 2.05) is 0 Å². The molecule has 0 aliphatic carbocycles. The molecule has 1 rings (SSSR count). The van der Waals surface area contributed by atoms with Crippen molar-refractivity contribution in [1.82, 2.24) is 4.98 Å². The van der Waals surface area contributed by atoms with Crippen LogP contribution in [0.5, 0.6) is 0 Å². The standard InChI is InChI=1S/C5H7N3.H4Si/c6-4-2-1-3-5(7)8-4;/h1-3H,(H4,6,7,8);1H4. The van der Waals surface area contributed by atoms with Crippen molar-refractivity contribution < 1.29 is 0 Å². The highest BCUT2D eigenvalue weighted by molar-refractivity contribution is 5.75. The van der Waals surface area contributed by atoms with Gasteiger partial charge < -0.3 is 11.5 Å². The van der Waals surface area contributed by atoms with Crippen molar-refractivity contribution in [3.8, 4) is 0 Å². The van der Waals surface area contributed by atoms with Crippen molar-refractivity contribution in [2.45, 2.75) is 0 Å². The van der Waals surface area contributed by atoms with Gasteiger partial charge in [0.25, 0.3) is 0 Å². The van der Waals surface area contributed by atoms with Gasteiger partial charge in [0.05, 0.1) is 0 Å². The Morgan fingerprint density at radius 1 is 1.11 bits per heavy atom. The normalized spacial score (nSPS) is 8.00. The summed E-state index contributed by atoms with van der Waals surface area (Å²) in [4.78, 5) is 3.73. The third kappa shape index (κ3) is 2.14. The van der Waals surface area contributed by atoms with Crippen LogP contribution in [0.1, 0.15) is 0 Å². The summed E-state index contributed by atoms with van der Waals surface area (Å²) in [6.07, 6.45) is 0. The second kappa shape index (κ2) is 3.08. The van der Waals surface area contributed by atoms with E-state index in [9.17, 15) is 0 Å². The van der Waals surface area contributed by atoms with E-state index >= 15 is 0 Å². The highest BCUT2D eigenvalue weighted by Crippen LogP contribution is 1.99. The molecule has 0 amide bonds. The van der Waals surface area contributed by atoms with Gasteiger partial charge in [0.15, 0.2) is 0 Å². The number of rotatable bonds is 0. The number of nitrogen functional groups attached to an aromatic ring is 2. The molecule has 0 aromatic carbocycles. The van der Waals surface area contributed by atoms with Gasteiger partial charge in [0.1, 0.15) is 11.6 Å². The number of anilines is 2. The number of nitrogens with zero attached hydrogens (tertiary/aromatic N) is 1. The maximum atomic E-state index is 5.27. The first-order valence-corrected chi connectivity index (χ1v) is 2.27. The maximum absolute atomic E-state index is 5.27. The first-order chi connectivity index (χ1) is 3.79. The zero-order chi connectivity index (χ0) is 5.98. The molecule has 9 heavy (non-hydrogen) atoms. The highest BCUT2D eigenvalue weighted by Gasteiger charge is 1.83. The Labute approximate surface area is 58.1 Å². The molecular weight excluding hydrogens is 130 g/mol. The van der Waals surface area contributed by atoms with Crippen LogP contribution >= 0.6 is 0 Å². The van der Waals surface area contributed by atoms with Gasteiger partial charge in [-0.05, 0) is 23.1 Å². The van der Waals surface area contributed by atoms with Crippen LogP contribution < -0.4 is 11.5 Å². The largest absolute Gasteiger partial charge is 0.384 e. The summed E-state index contributed by atoms with van der Waals surface area (Å²) < 4.78 is 0. The van der Waals surface area contributed by atoms with Crippen molar-refractivity contribution in [1.29, 1.82) is 0 Å². The quantitative estimate of drug-likeness (QED) is 0.446. The lowest BCUT2D eigenvalue weighted by atomic mass is 10.4. The molecule has 1 aromatic rings. The van der Waals surface area contributed by atoms with E-state index < -0.39 is 0 Å². The lowest BCUT2D eigenvalue weighted by Crippen LogP contribution is -1.93. The van der Waals surface area contributed by atoms with Crippen molar-refractivity contribution >= 4 is 22.6 Å². The fourth-order valence-corrected chi connectivity index (χ4v) is 0.469. The smallest absolute Gasteiger partial charge is 0.125 e. The SMILES string of the molecule is Nc1cccc(N)n1.[SiH4]. The van der Waals surface area contributed by atoms with Gasteiger partial charge in [-0.15, -0.1) is 0 Å². The van der Waals surface area contributed by atoms with E-state index in [1.54, 1.807) is 18.2 Å². The molecule has 0 fully saturated rings. The summed E-state index contributed by atoms with van der Waals surface area (Å²) in [5, 5.41) is 0. The van der Waals surface area contributed by atoms with Gasteiger partial charge in [0.2, 0.25) is 0 Å². The highest BCUT2D eigenvalue weighted by atomic mass is 28.1. The van der Waals surface area contributed by atoms with Gasteiger partial charge >= 0.3 is 0 Å². The second-order valence-electron chi connectivity index (χ2n) is 1.49. The second-order valence-corrected chi connectivity index (χ2v) is 1.49. The molecule has 4 N–H and O–H groups in total. The van der Waals surface area contributed by atoms with E-state index in [2.05, 4.69) is 4.98 Å². The Bertz CT molecular complexity index is 172. The Morgan fingerprint density at radius 3 is 1.78 bits per heavy atom. The van der Waals surface area contributed by atoms with Crippen molar-refractivity contribution in [3.63, 3.8) is 0 Å². The Balaban J connectivity index is 0.000000640. The first kappa shape index (κ1) is 7.97. The Morgan fingerprint density at radius 2 is 1.56 bits per heavy atom. The molecule has 0 atom stereocenters. The lowest BCUT2D eigenvalue weighted by Gasteiger charge is -1.90. The molecule has 0 saturated carbocycles. The van der Waals surface area contributed by atoms with Crippen LogP contribution in [-0.4, -0.2) is 15.9 Å². The summed E-state index contributed by atoms with van der Waals surface area (Å²) in [6, 6.07) is 5.14. The topological polar surface area (TPSA) is 64.9 Å². The molecule has 0 spiro atoms. The summed E-state index contributed by atoms with van der Waals surface area (Å²) >= 11 is 0. The molecule has 0 unspecified atom stereocenters. The third-order valence-corrected chi connectivity index (χ3v) is 0.792. The van der Waals surface area contributed by atoms with Crippen LogP contribution in [0.15, 0.2) is 18.2 Å². The lowest BCUT2D eigenvalue weighted by molar-refractivity contribution is 1.34. The van der Waals surface area contributed by atoms with Crippen LogP contribution in [0, 0.1) is 0 Å². The molecular formula is C5H11N3Si. The average Bonchev–Trinajstić information content (AvgIpc) is 1.64. The molecule has 4 heteroatoms. The molecule has 0 aliphatic heterocycles. The van der Waals surface area contributed by atoms with Crippen LogP contribution in [0.2, 0.25) is 0 Å². The van der Waals surface area contributed by atoms with Gasteiger partial charge in [-0.1, -0.05) is 6.07 Å². The van der Waals surface area contributed by atoms with Gasteiger partial charge in [-0.3, -0.25) is 0 Å². The van der Waals surface area contributed by atoms with Gasteiger partial charge in [0, 0.05) is 0 Å². The Kier molecular flexibility index (Phi) is 2.73. The van der Waals surface area contributed by atoms with Crippen LogP contribution in [0.25, 0.3) is 0 Å². The molecule has 3 nitrogen and oxygen atoms in total. The van der Waals surface area contributed by atoms with Gasteiger partial charge in [-0.2, -0.15) is 0 Å². The number of pyridine rings is 1. The van der Waals surface area contributed by atoms with E-state index in [0.29, 0.717) is 11.6 Å². The molecule has 50 valence electrons. The predicted octanol–water partition coefficient (Wildman–Crippen LogP) is -1.21. The van der Waals surface area contributed by atoms with E-state index in [0.717, 1.165) is 0 Å². The molecule has 1 aromatic heterocycles. The molecule has 1 heterocycles. The maximum Gasteiger partial charge on any atom is 0.125 e. The molecule has 0 bridgehead atoms. The molecule has 0 aliphatic rings. The van der Waals surface area contributed by atoms with Crippen LogP contribution in [0.3, 0.4) is 0 Å². The number of nitrogens with two attached hydrogens (primary N) is 2. The Hall–Kier alpha value is -1.03. The average molecular weight is 141 g/mol.